The number of rotatable bonds is 1. The van der Waals surface area contributed by atoms with Gasteiger partial charge in [0.15, 0.2) is 0 Å². The quantitative estimate of drug-likeness (QED) is 0.774. The zero-order valence-electron chi connectivity index (χ0n) is 9.59. The van der Waals surface area contributed by atoms with Crippen LogP contribution in [0.15, 0.2) is 11.8 Å². The highest BCUT2D eigenvalue weighted by atomic mass is 19.4. The first-order chi connectivity index (χ1) is 7.92. The van der Waals surface area contributed by atoms with Crippen LogP contribution in [0.25, 0.3) is 0 Å². The van der Waals surface area contributed by atoms with Crippen LogP contribution in [-0.4, -0.2) is 23.5 Å². The second-order valence-corrected chi connectivity index (χ2v) is 4.91. The fraction of sp³-hybridized carbons (Fsp3) is 0.833. The van der Waals surface area contributed by atoms with Gasteiger partial charge in [-0.1, -0.05) is 0 Å². The van der Waals surface area contributed by atoms with Crippen LogP contribution in [-0.2, 0) is 4.74 Å². The number of ether oxygens (including phenoxy) is 1. The molecule has 17 heavy (non-hydrogen) atoms. The van der Waals surface area contributed by atoms with Gasteiger partial charge >= 0.3 is 6.18 Å². The molecule has 2 nitrogen and oxygen atoms in total. The first-order valence-electron chi connectivity index (χ1n) is 6.04. The Morgan fingerprint density at radius 2 is 1.94 bits per heavy atom. The summed E-state index contributed by atoms with van der Waals surface area (Å²) in [6.07, 6.45) is -0.320. The lowest BCUT2D eigenvalue weighted by atomic mass is 9.77. The number of alkyl halides is 3. The summed E-state index contributed by atoms with van der Waals surface area (Å²) >= 11 is 0. The predicted molar refractivity (Wildman–Crippen MR) is 56.2 cm³/mol. The molecule has 0 amide bonds. The Kier molecular flexibility index (Phi) is 3.39. The number of hydrogen-bond donors (Lipinski definition) is 1. The van der Waals surface area contributed by atoms with Crippen LogP contribution in [0.4, 0.5) is 13.2 Å². The summed E-state index contributed by atoms with van der Waals surface area (Å²) < 4.78 is 42.9. The Morgan fingerprint density at radius 3 is 2.41 bits per heavy atom. The molecule has 0 spiro atoms. The van der Waals surface area contributed by atoms with Crippen LogP contribution in [0.3, 0.4) is 0 Å². The van der Waals surface area contributed by atoms with E-state index in [-0.39, 0.29) is 25.7 Å². The first-order valence-corrected chi connectivity index (χ1v) is 6.04. The lowest BCUT2D eigenvalue weighted by molar-refractivity contribution is -0.192. The Hall–Kier alpha value is -0.710. The molecule has 98 valence electrons. The van der Waals surface area contributed by atoms with Crippen molar-refractivity contribution in [1.82, 2.24) is 0 Å². The summed E-state index contributed by atoms with van der Waals surface area (Å²) in [5, 5.41) is 10.3. The average Bonchev–Trinajstić information content (AvgIpc) is 2.29. The minimum absolute atomic E-state index is 0.0132. The van der Waals surface area contributed by atoms with Gasteiger partial charge in [0, 0.05) is 0 Å². The van der Waals surface area contributed by atoms with Crippen molar-refractivity contribution in [3.8, 4) is 0 Å². The Labute approximate surface area is 98.5 Å². The van der Waals surface area contributed by atoms with Crippen LogP contribution in [0.1, 0.15) is 38.5 Å². The Balaban J connectivity index is 1.99. The fourth-order valence-corrected chi connectivity index (χ4v) is 2.55. The van der Waals surface area contributed by atoms with Gasteiger partial charge in [-0.3, -0.25) is 0 Å². The van der Waals surface area contributed by atoms with Crippen molar-refractivity contribution >= 4 is 0 Å². The van der Waals surface area contributed by atoms with Crippen LogP contribution < -0.4 is 0 Å². The Bertz CT molecular complexity index is 301. The SMILES string of the molecule is OC1(C2=CCCCO2)CCC(C(F)(F)F)CC1. The molecule has 0 radical (unpaired) electrons. The molecule has 0 bridgehead atoms. The molecule has 1 saturated carbocycles. The lowest BCUT2D eigenvalue weighted by Crippen LogP contribution is -2.41. The van der Waals surface area contributed by atoms with Crippen molar-refractivity contribution in [3.05, 3.63) is 11.8 Å². The van der Waals surface area contributed by atoms with E-state index in [1.54, 1.807) is 0 Å². The second-order valence-electron chi connectivity index (χ2n) is 4.91. The maximum atomic E-state index is 12.5. The highest BCUT2D eigenvalue weighted by Gasteiger charge is 2.47. The molecule has 0 atom stereocenters. The van der Waals surface area contributed by atoms with Crippen molar-refractivity contribution < 1.29 is 23.0 Å². The molecule has 0 aromatic rings. The normalized spacial score (nSPS) is 35.1. The van der Waals surface area contributed by atoms with E-state index in [1.807, 2.05) is 6.08 Å². The summed E-state index contributed by atoms with van der Waals surface area (Å²) in [6, 6.07) is 0. The van der Waals surface area contributed by atoms with Gasteiger partial charge in [0.25, 0.3) is 0 Å². The van der Waals surface area contributed by atoms with Crippen molar-refractivity contribution in [2.75, 3.05) is 6.61 Å². The van der Waals surface area contributed by atoms with Crippen LogP contribution in [0, 0.1) is 5.92 Å². The average molecular weight is 250 g/mol. The van der Waals surface area contributed by atoms with Crippen molar-refractivity contribution in [2.45, 2.75) is 50.3 Å². The third-order valence-electron chi connectivity index (χ3n) is 3.67. The molecule has 5 heteroatoms. The van der Waals surface area contributed by atoms with Gasteiger partial charge in [-0.2, -0.15) is 13.2 Å². The van der Waals surface area contributed by atoms with Crippen LogP contribution >= 0.6 is 0 Å². The molecule has 1 aliphatic heterocycles. The minimum Gasteiger partial charge on any atom is -0.495 e. The molecule has 2 rings (SSSR count). The molecule has 2 aliphatic rings. The maximum absolute atomic E-state index is 12.5. The van der Waals surface area contributed by atoms with Crippen molar-refractivity contribution in [3.63, 3.8) is 0 Å². The summed E-state index contributed by atoms with van der Waals surface area (Å²) in [5.74, 6) is -0.781. The van der Waals surface area contributed by atoms with Gasteiger partial charge in [0.1, 0.15) is 11.4 Å². The first kappa shape index (κ1) is 12.7. The molecule has 0 unspecified atom stereocenters. The molecule has 1 fully saturated rings. The largest absolute Gasteiger partial charge is 0.495 e. The molecule has 0 aromatic carbocycles. The number of aliphatic hydroxyl groups is 1. The predicted octanol–water partition coefficient (Wildman–Crippen LogP) is 3.16. The third kappa shape index (κ3) is 2.76. The zero-order chi connectivity index (χ0) is 12.5. The molecule has 1 heterocycles. The van der Waals surface area contributed by atoms with Gasteiger partial charge in [0.2, 0.25) is 0 Å². The topological polar surface area (TPSA) is 29.5 Å². The number of halogens is 3. The van der Waals surface area contributed by atoms with Gasteiger partial charge in [-0.05, 0) is 44.6 Å². The van der Waals surface area contributed by atoms with Gasteiger partial charge in [0.05, 0.1) is 12.5 Å². The molecule has 0 aromatic heterocycles. The summed E-state index contributed by atoms with van der Waals surface area (Å²) in [4.78, 5) is 0. The van der Waals surface area contributed by atoms with E-state index in [2.05, 4.69) is 0 Å². The highest BCUT2D eigenvalue weighted by Crippen LogP contribution is 2.44. The minimum atomic E-state index is -4.14. The van der Waals surface area contributed by atoms with Gasteiger partial charge < -0.3 is 9.84 Å². The van der Waals surface area contributed by atoms with E-state index in [0.29, 0.717) is 12.4 Å². The number of hydrogen-bond acceptors (Lipinski definition) is 2. The van der Waals surface area contributed by atoms with E-state index in [4.69, 9.17) is 4.74 Å². The van der Waals surface area contributed by atoms with Gasteiger partial charge in [-0.25, -0.2) is 0 Å². The monoisotopic (exact) mass is 250 g/mol. The molecular formula is C12H17F3O2. The van der Waals surface area contributed by atoms with E-state index in [9.17, 15) is 18.3 Å². The highest BCUT2D eigenvalue weighted by molar-refractivity contribution is 5.13. The zero-order valence-corrected chi connectivity index (χ0v) is 9.59. The van der Waals surface area contributed by atoms with Crippen molar-refractivity contribution in [2.24, 2.45) is 5.92 Å². The van der Waals surface area contributed by atoms with Crippen molar-refractivity contribution in [1.29, 1.82) is 0 Å². The smallest absolute Gasteiger partial charge is 0.391 e. The van der Waals surface area contributed by atoms with E-state index < -0.39 is 17.7 Å². The summed E-state index contributed by atoms with van der Waals surface area (Å²) in [7, 11) is 0. The molecule has 1 aliphatic carbocycles. The fourth-order valence-electron chi connectivity index (χ4n) is 2.55. The van der Waals surface area contributed by atoms with Crippen LogP contribution in [0.2, 0.25) is 0 Å². The van der Waals surface area contributed by atoms with E-state index in [0.717, 1.165) is 12.8 Å². The standard InChI is InChI=1S/C12H17F3O2/c13-12(14,15)9-4-6-11(16,7-5-9)10-3-1-2-8-17-10/h3,9,16H,1-2,4-8H2. The molecule has 1 N–H and O–H groups in total. The van der Waals surface area contributed by atoms with E-state index in [1.165, 1.54) is 0 Å². The summed E-state index contributed by atoms with van der Waals surface area (Å²) in [5.41, 5.74) is -1.16. The molecular weight excluding hydrogens is 233 g/mol. The molecule has 0 saturated heterocycles. The maximum Gasteiger partial charge on any atom is 0.391 e. The Morgan fingerprint density at radius 1 is 1.29 bits per heavy atom. The third-order valence-corrected chi connectivity index (χ3v) is 3.67. The van der Waals surface area contributed by atoms with Crippen LogP contribution in [0.5, 0.6) is 0 Å². The lowest BCUT2D eigenvalue weighted by Gasteiger charge is -2.38. The second kappa shape index (κ2) is 4.52. The number of allylic oxidation sites excluding steroid dienone is 1. The summed E-state index contributed by atoms with van der Waals surface area (Å²) in [6.45, 7) is 0.552. The van der Waals surface area contributed by atoms with Gasteiger partial charge in [-0.15, -0.1) is 0 Å². The van der Waals surface area contributed by atoms with E-state index >= 15 is 0 Å².